The largest absolute Gasteiger partial charge is 0.244 e. The second kappa shape index (κ2) is 59.3. The van der Waals surface area contributed by atoms with Crippen LogP contribution in [0.2, 0.25) is 18.5 Å². The summed E-state index contributed by atoms with van der Waals surface area (Å²) >= 11 is 4.07. The predicted molar refractivity (Wildman–Crippen MR) is 600 cm³/mol. The maximum Gasteiger partial charge on any atom is 0.129 e. The monoisotopic (exact) mass is 2100 g/mol. The molecule has 14 aromatic carbocycles. The summed E-state index contributed by atoms with van der Waals surface area (Å²) in [7, 11) is -3.96. The molecule has 0 aliphatic rings. The van der Waals surface area contributed by atoms with E-state index >= 15 is 0 Å². The van der Waals surface area contributed by atoms with Gasteiger partial charge in [-0.05, 0) is 203 Å². The molecule has 696 valence electrons. The quantitative estimate of drug-likeness (QED) is 0.0278. The fourth-order valence-electron chi connectivity index (χ4n) is 14.8. The van der Waals surface area contributed by atoms with E-state index in [9.17, 15) is 8.42 Å². The molecule has 2 aromatic heterocycles. The summed E-state index contributed by atoms with van der Waals surface area (Å²) in [6.45, 7) is 30.7. The fourth-order valence-corrected chi connectivity index (χ4v) is 38.7. The first kappa shape index (κ1) is 110. The summed E-state index contributed by atoms with van der Waals surface area (Å²) in [4.78, 5) is 8.36. The van der Waals surface area contributed by atoms with Crippen LogP contribution in [-0.4, -0.2) is 46.3 Å². The summed E-state index contributed by atoms with van der Waals surface area (Å²) in [6, 6.07) is 145. The SMILES string of the molecule is C.C=Cc1cc2cc([C@@H](C)N[S@](=O)C(C)(C)C)ccc2cn1.C=[CH][Sn]([CH2]CCC)([CH2]CCC)[CH2]CCC.C[C@@H](N[S@](=O)C(C)(C)C)c1ccc2cnc(Cl)cc2c1.[Pd].c1ccc(P(c2ccccc2)c2ccccc2)cc1.c1ccc(P(c2ccccc2)c2ccccc2)cc1.c1ccc(P(c2ccccc2)c2ccccc2)cc1.c1ccc(P(c2ccccc2)c2ccccc2)cc1. The van der Waals surface area contributed by atoms with Gasteiger partial charge in [0, 0.05) is 55.7 Å². The van der Waals surface area contributed by atoms with E-state index < -0.39 is 72.0 Å². The minimum atomic E-state index is -1.85. The molecule has 2 N–H and O–H groups in total. The van der Waals surface area contributed by atoms with E-state index in [0.29, 0.717) is 5.15 Å². The first-order valence-electron chi connectivity index (χ1n) is 46.0. The van der Waals surface area contributed by atoms with Gasteiger partial charge in [0.1, 0.15) is 5.15 Å². The van der Waals surface area contributed by atoms with Crippen LogP contribution >= 0.6 is 43.3 Å². The molecule has 0 spiro atoms. The van der Waals surface area contributed by atoms with Gasteiger partial charge in [0.25, 0.3) is 0 Å². The summed E-state index contributed by atoms with van der Waals surface area (Å²) in [5.41, 5.74) is 3.05. The smallest absolute Gasteiger partial charge is 0.129 e. The number of hydrogen-bond donors (Lipinski definition) is 2. The number of rotatable bonds is 29. The van der Waals surface area contributed by atoms with E-state index in [1.807, 2.05) is 91.9 Å². The molecular weight excluding hydrogens is 1970 g/mol. The summed E-state index contributed by atoms with van der Waals surface area (Å²) in [5.74, 6) is 0. The molecule has 16 aromatic rings. The number of unbranched alkanes of at least 4 members (excludes halogenated alkanes) is 3. The maximum atomic E-state index is 12.2. The van der Waals surface area contributed by atoms with Gasteiger partial charge in [-0.2, -0.15) is 0 Å². The van der Waals surface area contributed by atoms with Gasteiger partial charge in [-0.1, -0.05) is 414 Å². The van der Waals surface area contributed by atoms with Crippen molar-refractivity contribution < 1.29 is 28.8 Å². The van der Waals surface area contributed by atoms with Gasteiger partial charge in [0.2, 0.25) is 0 Å². The molecule has 0 fully saturated rings. The van der Waals surface area contributed by atoms with Crippen molar-refractivity contribution in [3.63, 3.8) is 0 Å². The minimum absolute atomic E-state index is 0. The van der Waals surface area contributed by atoms with Crippen molar-refractivity contribution in [1.82, 2.24) is 19.4 Å². The normalized spacial score (nSPS) is 11.9. The minimum Gasteiger partial charge on any atom is -0.244 e. The third-order valence-electron chi connectivity index (χ3n) is 22.1. The second-order valence-electron chi connectivity index (χ2n) is 34.2. The Labute approximate surface area is 836 Å². The Morgan fingerprint density at radius 2 is 0.537 bits per heavy atom. The topological polar surface area (TPSA) is 84.0 Å². The van der Waals surface area contributed by atoms with E-state index in [4.69, 9.17) is 11.6 Å². The zero-order valence-corrected chi connectivity index (χ0v) is 89.4. The van der Waals surface area contributed by atoms with Crippen LogP contribution in [0, 0.1) is 0 Å². The zero-order valence-electron chi connectivity index (χ0n) is 79.0. The van der Waals surface area contributed by atoms with Gasteiger partial charge in [-0.25, -0.2) is 22.8 Å². The molecule has 0 radical (unpaired) electrons. The molecule has 0 unspecified atom stereocenters. The van der Waals surface area contributed by atoms with Crippen molar-refractivity contribution in [2.75, 3.05) is 0 Å². The number of hydrogen-bond acceptors (Lipinski definition) is 4. The van der Waals surface area contributed by atoms with Gasteiger partial charge in [-0.3, -0.25) is 4.98 Å². The fraction of sp³-hybridized carbons (Fsp3) is 0.210. The Balaban J connectivity index is 0.000000192. The molecule has 16 rings (SSSR count). The third kappa shape index (κ3) is 35.6. The third-order valence-corrected chi connectivity index (χ3v) is 49.4. The summed E-state index contributed by atoms with van der Waals surface area (Å²) in [5, 5.41) is 21.5. The van der Waals surface area contributed by atoms with Crippen LogP contribution in [0.1, 0.15) is 151 Å². The first-order valence-corrected chi connectivity index (χ1v) is 61.8. The van der Waals surface area contributed by atoms with E-state index in [-0.39, 0.29) is 49.4 Å². The molecule has 6 nitrogen and oxygen atoms in total. The van der Waals surface area contributed by atoms with Crippen LogP contribution in [0.3, 0.4) is 0 Å². The van der Waals surface area contributed by atoms with Crippen LogP contribution in [-0.2, 0) is 42.4 Å². The zero-order chi connectivity index (χ0) is 93.8. The van der Waals surface area contributed by atoms with E-state index in [1.54, 1.807) is 25.6 Å². The van der Waals surface area contributed by atoms with Crippen molar-refractivity contribution in [3.05, 3.63) is 464 Å². The molecule has 2 heterocycles. The number of nitrogens with zero attached hydrogens (tertiary/aromatic N) is 2. The van der Waals surface area contributed by atoms with E-state index in [0.717, 1.165) is 38.4 Å². The molecule has 4 atom stereocenters. The van der Waals surface area contributed by atoms with Gasteiger partial charge in [0.15, 0.2) is 0 Å². The second-order valence-corrected chi connectivity index (χ2v) is 60.7. The van der Waals surface area contributed by atoms with Crippen LogP contribution in [0.25, 0.3) is 27.6 Å². The average Bonchev–Trinajstić information content (AvgIpc) is 0.839. The summed E-state index contributed by atoms with van der Waals surface area (Å²) in [6.07, 6.45) is 13.8. The molecule has 0 aliphatic heterocycles. The number of halogens is 1. The Morgan fingerprint density at radius 1 is 0.328 bits per heavy atom. The molecular formula is C119H135ClN4O2P4PdS2Sn. The van der Waals surface area contributed by atoms with Crippen LogP contribution in [0.15, 0.2) is 442 Å². The predicted octanol–water partition coefficient (Wildman–Crippen LogP) is 28.0. The Kier molecular flexibility index (Phi) is 48.8. The van der Waals surface area contributed by atoms with Gasteiger partial charge in [0.05, 0.1) is 37.2 Å². The molecule has 0 amide bonds. The van der Waals surface area contributed by atoms with Gasteiger partial charge < -0.3 is 0 Å². The number of aromatic nitrogens is 2. The molecule has 15 heteroatoms. The Morgan fingerprint density at radius 3 is 0.731 bits per heavy atom. The van der Waals surface area contributed by atoms with E-state index in [2.05, 4.69) is 440 Å². The van der Waals surface area contributed by atoms with Gasteiger partial charge in [-0.15, -0.1) is 0 Å². The number of fused-ring (bicyclic) bond motifs is 2. The van der Waals surface area contributed by atoms with Crippen molar-refractivity contribution in [2.45, 2.75) is 157 Å². The molecule has 0 saturated carbocycles. The van der Waals surface area contributed by atoms with Crippen LogP contribution < -0.4 is 73.1 Å². The van der Waals surface area contributed by atoms with Crippen molar-refractivity contribution in [1.29, 1.82) is 0 Å². The Bertz CT molecular complexity index is 5170. The molecule has 134 heavy (non-hydrogen) atoms. The van der Waals surface area contributed by atoms with Gasteiger partial charge >= 0.3 is 102 Å². The van der Waals surface area contributed by atoms with Crippen molar-refractivity contribution in [3.8, 4) is 0 Å². The van der Waals surface area contributed by atoms with Crippen molar-refractivity contribution in [2.24, 2.45) is 0 Å². The van der Waals surface area contributed by atoms with Crippen LogP contribution in [0.5, 0.6) is 0 Å². The average molecular weight is 2100 g/mol. The molecule has 0 saturated heterocycles. The molecule has 0 aliphatic carbocycles. The maximum absolute atomic E-state index is 12.2. The standard InChI is InChI=1S/4C18H15P.C17H22N2OS.C15H19ClN2OS.3C4H9.C2H3.CH4.Pd.Sn/c4*1-4-10-16(11-5-1)19(17-12-6-2-7-13-17)18-14-8-3-9-15-18;1-6-16-10-15-9-13(7-8-14(15)11-18-16)12(2)19-21(20)17(3,4)5;1-10(18-20(19)15(2,3)4)11-5-6-12-9-17-14(16)8-13(12)7-11;3*1-3-4-2;1-2;;;/h4*1-15H;6-12,19H,1H2,2-5H3;5-10,18H,1-4H3;3*1,3-4H2,2H3;1H,2H2;1H4;;/t;;;;12-,21-;10-,20-;;;;;;;/m....11......./s1. The van der Waals surface area contributed by atoms with Crippen LogP contribution in [0.4, 0.5) is 0 Å². The van der Waals surface area contributed by atoms with E-state index in [1.165, 1.54) is 102 Å². The number of pyridine rings is 2. The van der Waals surface area contributed by atoms with Crippen molar-refractivity contribution >= 4 is 175 Å². The number of nitrogens with one attached hydrogen (secondary N) is 2. The first-order chi connectivity index (χ1) is 64.1. The Hall–Kier alpha value is -8.93. The summed E-state index contributed by atoms with van der Waals surface area (Å²) < 4.78 is 37.2. The number of benzene rings is 14. The molecule has 0 bridgehead atoms.